The van der Waals surface area contributed by atoms with Crippen molar-refractivity contribution in [2.45, 2.75) is 37.8 Å². The fourth-order valence-electron chi connectivity index (χ4n) is 2.80. The van der Waals surface area contributed by atoms with Crippen LogP contribution in [0.5, 0.6) is 0 Å². The second-order valence-electron chi connectivity index (χ2n) is 5.40. The topological polar surface area (TPSA) is 24.5 Å². The van der Waals surface area contributed by atoms with Crippen LogP contribution in [0.15, 0.2) is 18.2 Å². The fourth-order valence-corrected chi connectivity index (χ4v) is 3.14. The smallest absolute Gasteiger partial charge is 0.0786 e. The van der Waals surface area contributed by atoms with Crippen LogP contribution in [0.2, 0.25) is 5.02 Å². The molecule has 1 aromatic rings. The van der Waals surface area contributed by atoms with Crippen molar-refractivity contribution in [3.8, 4) is 0 Å². The Labute approximate surface area is 120 Å². The lowest BCUT2D eigenvalue weighted by atomic mass is 9.92. The van der Waals surface area contributed by atoms with E-state index >= 15 is 0 Å². The molecule has 1 saturated carbocycles. The first-order valence-electron chi connectivity index (χ1n) is 6.87. The fraction of sp³-hybridized carbons (Fsp3) is 0.600. The minimum Gasteiger partial charge on any atom is -0.381 e. The van der Waals surface area contributed by atoms with E-state index in [-0.39, 0.29) is 0 Å². The van der Waals surface area contributed by atoms with E-state index in [4.69, 9.17) is 16.3 Å². The van der Waals surface area contributed by atoms with Gasteiger partial charge in [-0.3, -0.25) is 0 Å². The summed E-state index contributed by atoms with van der Waals surface area (Å²) < 4.78 is 5.48. The molecule has 0 bridgehead atoms. The zero-order valence-corrected chi connectivity index (χ0v) is 12.7. The molecule has 4 heteroatoms. The maximum absolute atomic E-state index is 6.29. The number of para-hydroxylation sites is 1. The average molecular weight is 283 g/mol. The molecule has 2 atom stereocenters. The molecule has 1 aliphatic carbocycles. The summed E-state index contributed by atoms with van der Waals surface area (Å²) in [4.78, 5) is 2.06. The van der Waals surface area contributed by atoms with Crippen LogP contribution in [0.4, 0.5) is 11.4 Å². The normalized spacial score (nSPS) is 23.2. The van der Waals surface area contributed by atoms with Gasteiger partial charge in [0.05, 0.1) is 22.5 Å². The predicted octanol–water partition coefficient (Wildman–Crippen LogP) is 3.78. The van der Waals surface area contributed by atoms with E-state index < -0.39 is 0 Å². The van der Waals surface area contributed by atoms with Crippen molar-refractivity contribution < 1.29 is 4.74 Å². The first kappa shape index (κ1) is 14.5. The third-order valence-electron chi connectivity index (χ3n) is 3.75. The number of anilines is 2. The Morgan fingerprint density at radius 3 is 2.79 bits per heavy atom. The number of halogens is 1. The number of benzene rings is 1. The molecule has 2 rings (SSSR count). The third-order valence-corrected chi connectivity index (χ3v) is 4.06. The Kier molecular flexibility index (Phi) is 4.94. The van der Waals surface area contributed by atoms with Crippen molar-refractivity contribution in [1.82, 2.24) is 0 Å². The van der Waals surface area contributed by atoms with Crippen LogP contribution in [0.25, 0.3) is 0 Å². The van der Waals surface area contributed by atoms with Gasteiger partial charge >= 0.3 is 0 Å². The number of nitrogens with zero attached hydrogens (tertiary/aromatic N) is 1. The maximum atomic E-state index is 6.29. The molecule has 106 valence electrons. The van der Waals surface area contributed by atoms with Crippen molar-refractivity contribution in [2.75, 3.05) is 31.4 Å². The minimum absolute atomic E-state index is 0.383. The Bertz CT molecular complexity index is 423. The summed E-state index contributed by atoms with van der Waals surface area (Å²) in [7, 11) is 5.84. The average Bonchev–Trinajstić information content (AvgIpc) is 2.38. The summed E-state index contributed by atoms with van der Waals surface area (Å²) in [6.45, 7) is 0. The molecule has 0 heterocycles. The van der Waals surface area contributed by atoms with E-state index in [2.05, 4.69) is 16.3 Å². The first-order valence-corrected chi connectivity index (χ1v) is 7.24. The van der Waals surface area contributed by atoms with Crippen LogP contribution in [-0.2, 0) is 4.74 Å². The molecule has 3 nitrogen and oxygen atoms in total. The van der Waals surface area contributed by atoms with Gasteiger partial charge in [-0.15, -0.1) is 0 Å². The summed E-state index contributed by atoms with van der Waals surface area (Å²) in [5.41, 5.74) is 2.17. The van der Waals surface area contributed by atoms with Gasteiger partial charge in [0.25, 0.3) is 0 Å². The number of hydrogen-bond donors (Lipinski definition) is 1. The third kappa shape index (κ3) is 3.54. The number of ether oxygens (including phenoxy) is 1. The van der Waals surface area contributed by atoms with Crippen molar-refractivity contribution in [3.63, 3.8) is 0 Å². The van der Waals surface area contributed by atoms with Gasteiger partial charge in [0.15, 0.2) is 0 Å². The minimum atomic E-state index is 0.383. The number of methoxy groups -OCH3 is 1. The first-order chi connectivity index (χ1) is 9.11. The molecule has 1 aliphatic rings. The van der Waals surface area contributed by atoms with Gasteiger partial charge in [-0.2, -0.15) is 0 Å². The molecule has 0 spiro atoms. The van der Waals surface area contributed by atoms with Gasteiger partial charge < -0.3 is 15.0 Å². The van der Waals surface area contributed by atoms with E-state index in [1.54, 1.807) is 7.11 Å². The molecule has 1 aromatic carbocycles. The molecule has 2 unspecified atom stereocenters. The van der Waals surface area contributed by atoms with Gasteiger partial charge in [-0.25, -0.2) is 0 Å². The highest BCUT2D eigenvalue weighted by atomic mass is 35.5. The lowest BCUT2D eigenvalue weighted by Gasteiger charge is -2.31. The van der Waals surface area contributed by atoms with Gasteiger partial charge in [-0.1, -0.05) is 17.7 Å². The van der Waals surface area contributed by atoms with Crippen molar-refractivity contribution in [1.29, 1.82) is 0 Å². The molecule has 19 heavy (non-hydrogen) atoms. The molecule has 0 aromatic heterocycles. The van der Waals surface area contributed by atoms with Crippen LogP contribution in [0.1, 0.15) is 25.7 Å². The Morgan fingerprint density at radius 2 is 2.11 bits per heavy atom. The van der Waals surface area contributed by atoms with E-state index in [9.17, 15) is 0 Å². The summed E-state index contributed by atoms with van der Waals surface area (Å²) >= 11 is 6.29. The molecule has 0 saturated heterocycles. The van der Waals surface area contributed by atoms with Crippen LogP contribution >= 0.6 is 11.6 Å². The lowest BCUT2D eigenvalue weighted by molar-refractivity contribution is 0.0669. The second kappa shape index (κ2) is 6.49. The monoisotopic (exact) mass is 282 g/mol. The highest BCUT2D eigenvalue weighted by molar-refractivity contribution is 6.34. The Morgan fingerprint density at radius 1 is 1.32 bits per heavy atom. The number of nitrogens with one attached hydrogen (secondary N) is 1. The standard InChI is InChI=1S/C15H23ClN2O/c1-18(2)15-13(16)8-5-9-14(15)17-11-6-4-7-12(10-11)19-3/h5,8-9,11-12,17H,4,6-7,10H2,1-3H3. The van der Waals surface area contributed by atoms with Crippen LogP contribution in [0.3, 0.4) is 0 Å². The van der Waals surface area contributed by atoms with Crippen molar-refractivity contribution >= 4 is 23.0 Å². The maximum Gasteiger partial charge on any atom is 0.0786 e. The quantitative estimate of drug-likeness (QED) is 0.910. The number of rotatable bonds is 4. The van der Waals surface area contributed by atoms with Crippen LogP contribution in [0, 0.1) is 0 Å². The van der Waals surface area contributed by atoms with Crippen molar-refractivity contribution in [2.24, 2.45) is 0 Å². The van der Waals surface area contributed by atoms with Gasteiger partial charge in [0.2, 0.25) is 0 Å². The Hall–Kier alpha value is -0.930. The van der Waals surface area contributed by atoms with Crippen LogP contribution < -0.4 is 10.2 Å². The number of hydrogen-bond acceptors (Lipinski definition) is 3. The predicted molar refractivity (Wildman–Crippen MR) is 82.5 cm³/mol. The Balaban J connectivity index is 2.12. The molecular formula is C15H23ClN2O. The zero-order chi connectivity index (χ0) is 13.8. The molecule has 0 amide bonds. The summed E-state index contributed by atoms with van der Waals surface area (Å²) in [6.07, 6.45) is 5.03. The van der Waals surface area contributed by atoms with E-state index in [0.29, 0.717) is 12.1 Å². The zero-order valence-electron chi connectivity index (χ0n) is 11.9. The van der Waals surface area contributed by atoms with E-state index in [1.165, 1.54) is 19.3 Å². The SMILES string of the molecule is COC1CCCC(Nc2cccc(Cl)c2N(C)C)C1. The van der Waals surface area contributed by atoms with E-state index in [0.717, 1.165) is 22.8 Å². The molecule has 1 fully saturated rings. The van der Waals surface area contributed by atoms with E-state index in [1.807, 2.05) is 26.2 Å². The second-order valence-corrected chi connectivity index (χ2v) is 5.80. The van der Waals surface area contributed by atoms with Gasteiger partial charge in [-0.05, 0) is 37.8 Å². The van der Waals surface area contributed by atoms with Gasteiger partial charge in [0.1, 0.15) is 0 Å². The highest BCUT2D eigenvalue weighted by Gasteiger charge is 2.22. The molecule has 0 radical (unpaired) electrons. The lowest BCUT2D eigenvalue weighted by Crippen LogP contribution is -2.31. The van der Waals surface area contributed by atoms with Gasteiger partial charge in [0, 0.05) is 27.2 Å². The molecular weight excluding hydrogens is 260 g/mol. The van der Waals surface area contributed by atoms with Crippen molar-refractivity contribution in [3.05, 3.63) is 23.2 Å². The highest BCUT2D eigenvalue weighted by Crippen LogP contribution is 2.34. The summed E-state index contributed by atoms with van der Waals surface area (Å²) in [5.74, 6) is 0. The largest absolute Gasteiger partial charge is 0.381 e. The summed E-state index contributed by atoms with van der Waals surface area (Å²) in [6, 6.07) is 6.49. The van der Waals surface area contributed by atoms with Crippen LogP contribution in [-0.4, -0.2) is 33.4 Å². The molecule has 1 N–H and O–H groups in total. The molecule has 0 aliphatic heterocycles. The summed E-state index contributed by atoms with van der Waals surface area (Å²) in [5, 5.41) is 4.42.